The molecule has 0 atom stereocenters. The van der Waals surface area contributed by atoms with Gasteiger partial charge in [-0.15, -0.1) is 0 Å². The monoisotopic (exact) mass is 288 g/mol. The van der Waals surface area contributed by atoms with Crippen molar-refractivity contribution in [3.8, 4) is 22.6 Å². The minimum atomic E-state index is -0.361. The highest BCUT2D eigenvalue weighted by atomic mass is 35.5. The lowest BCUT2D eigenvalue weighted by Crippen LogP contribution is -1.81. The molecule has 2 aromatic carbocycles. The number of hydrogen-bond donors (Lipinski definition) is 2. The van der Waals surface area contributed by atoms with Crippen molar-refractivity contribution in [3.63, 3.8) is 0 Å². The minimum absolute atomic E-state index is 0.0828. The van der Waals surface area contributed by atoms with Gasteiger partial charge >= 0.3 is 0 Å². The van der Waals surface area contributed by atoms with E-state index in [0.717, 1.165) is 0 Å². The van der Waals surface area contributed by atoms with Crippen molar-refractivity contribution < 1.29 is 10.2 Å². The topological polar surface area (TPSA) is 40.5 Å². The largest absolute Gasteiger partial charge is 0.504 e. The second-order valence-electron chi connectivity index (χ2n) is 3.45. The summed E-state index contributed by atoms with van der Waals surface area (Å²) in [5.41, 5.74) is 1.02. The lowest BCUT2D eigenvalue weighted by molar-refractivity contribution is 0.405. The molecular weight excluding hydrogens is 282 g/mol. The Balaban J connectivity index is 2.64. The van der Waals surface area contributed by atoms with Gasteiger partial charge in [-0.1, -0.05) is 34.8 Å². The number of phenols is 2. The summed E-state index contributed by atoms with van der Waals surface area (Å²) in [7, 11) is 0. The third kappa shape index (κ3) is 2.44. The quantitative estimate of drug-likeness (QED) is 0.745. The van der Waals surface area contributed by atoms with E-state index in [1.807, 2.05) is 0 Å². The van der Waals surface area contributed by atoms with Gasteiger partial charge in [0.15, 0.2) is 11.5 Å². The van der Waals surface area contributed by atoms with Crippen molar-refractivity contribution in [2.24, 2.45) is 0 Å². The van der Waals surface area contributed by atoms with E-state index in [1.165, 1.54) is 6.07 Å². The molecule has 0 aromatic heterocycles. The summed E-state index contributed by atoms with van der Waals surface area (Å²) >= 11 is 17.4. The van der Waals surface area contributed by atoms with Gasteiger partial charge in [0.25, 0.3) is 0 Å². The summed E-state index contributed by atoms with van der Waals surface area (Å²) in [5, 5.41) is 20.3. The van der Waals surface area contributed by atoms with Gasteiger partial charge in [-0.25, -0.2) is 0 Å². The van der Waals surface area contributed by atoms with Gasteiger partial charge < -0.3 is 10.2 Å². The first-order chi connectivity index (χ1) is 7.99. The van der Waals surface area contributed by atoms with E-state index in [1.54, 1.807) is 24.3 Å². The molecule has 2 rings (SSSR count). The fraction of sp³-hybridized carbons (Fsp3) is 0. The maximum absolute atomic E-state index is 9.79. The Kier molecular flexibility index (Phi) is 3.38. The van der Waals surface area contributed by atoms with E-state index >= 15 is 0 Å². The Bertz CT molecular complexity index is 562. The van der Waals surface area contributed by atoms with Crippen LogP contribution in [0.15, 0.2) is 30.3 Å². The first kappa shape index (κ1) is 12.4. The van der Waals surface area contributed by atoms with Crippen LogP contribution in [0.3, 0.4) is 0 Å². The molecule has 0 heterocycles. The highest BCUT2D eigenvalue weighted by molar-refractivity contribution is 6.35. The smallest absolute Gasteiger partial charge is 0.177 e. The van der Waals surface area contributed by atoms with Crippen LogP contribution in [0.1, 0.15) is 0 Å². The summed E-state index contributed by atoms with van der Waals surface area (Å²) in [4.78, 5) is 0. The summed E-state index contributed by atoms with van der Waals surface area (Å²) < 4.78 is 0. The molecule has 0 fully saturated rings. The van der Waals surface area contributed by atoms with Gasteiger partial charge in [0.2, 0.25) is 0 Å². The predicted octanol–water partition coefficient (Wildman–Crippen LogP) is 4.73. The number of rotatable bonds is 1. The zero-order valence-corrected chi connectivity index (χ0v) is 10.7. The molecule has 5 heteroatoms. The second kappa shape index (κ2) is 4.65. The molecule has 0 bridgehead atoms. The fourth-order valence-corrected chi connectivity index (χ4v) is 2.18. The molecule has 2 N–H and O–H groups in total. The predicted molar refractivity (Wildman–Crippen MR) is 70.2 cm³/mol. The molecule has 0 spiro atoms. The van der Waals surface area contributed by atoms with E-state index in [9.17, 15) is 10.2 Å². The first-order valence-corrected chi connectivity index (χ1v) is 5.79. The van der Waals surface area contributed by atoms with Gasteiger partial charge in [-0.05, 0) is 35.9 Å². The van der Waals surface area contributed by atoms with Crippen LogP contribution in [0.5, 0.6) is 11.5 Å². The zero-order valence-electron chi connectivity index (χ0n) is 8.42. The van der Waals surface area contributed by atoms with Crippen LogP contribution in [0.4, 0.5) is 0 Å². The summed E-state index contributed by atoms with van der Waals surface area (Å²) in [6, 6.07) is 7.92. The maximum atomic E-state index is 9.79. The van der Waals surface area contributed by atoms with Gasteiger partial charge in [0.1, 0.15) is 0 Å². The van der Waals surface area contributed by atoms with Gasteiger partial charge in [0, 0.05) is 15.6 Å². The highest BCUT2D eigenvalue weighted by Crippen LogP contribution is 2.42. The maximum Gasteiger partial charge on any atom is 0.177 e. The van der Waals surface area contributed by atoms with Crippen molar-refractivity contribution in [3.05, 3.63) is 45.4 Å². The molecule has 0 aliphatic rings. The molecule has 88 valence electrons. The molecule has 0 radical (unpaired) electrons. The van der Waals surface area contributed by atoms with E-state index in [0.29, 0.717) is 21.2 Å². The fourth-order valence-electron chi connectivity index (χ4n) is 1.50. The molecule has 2 aromatic rings. The molecular formula is C12H7Cl3O2. The summed E-state index contributed by atoms with van der Waals surface area (Å²) in [5.74, 6) is -0.656. The minimum Gasteiger partial charge on any atom is -0.504 e. The van der Waals surface area contributed by atoms with Gasteiger partial charge in [-0.3, -0.25) is 0 Å². The van der Waals surface area contributed by atoms with Gasteiger partial charge in [0.05, 0.1) is 5.02 Å². The molecule has 0 unspecified atom stereocenters. The molecule has 17 heavy (non-hydrogen) atoms. The van der Waals surface area contributed by atoms with Crippen LogP contribution in [0, 0.1) is 0 Å². The molecule has 0 saturated carbocycles. The Hall–Kier alpha value is -1.09. The van der Waals surface area contributed by atoms with Crippen molar-refractivity contribution in [2.75, 3.05) is 0 Å². The Labute approximate surface area is 113 Å². The van der Waals surface area contributed by atoms with Crippen LogP contribution in [0.25, 0.3) is 11.1 Å². The third-order valence-electron chi connectivity index (χ3n) is 2.28. The van der Waals surface area contributed by atoms with E-state index in [2.05, 4.69) is 0 Å². The number of hydrogen-bond acceptors (Lipinski definition) is 2. The van der Waals surface area contributed by atoms with Crippen molar-refractivity contribution >= 4 is 34.8 Å². The molecule has 0 amide bonds. The first-order valence-electron chi connectivity index (χ1n) is 4.66. The van der Waals surface area contributed by atoms with Crippen LogP contribution in [-0.4, -0.2) is 10.2 Å². The lowest BCUT2D eigenvalue weighted by Gasteiger charge is -2.08. The van der Waals surface area contributed by atoms with E-state index < -0.39 is 0 Å². The number of phenolic OH excluding ortho intramolecular Hbond substituents is 2. The summed E-state index contributed by atoms with van der Waals surface area (Å²) in [6.45, 7) is 0. The Morgan fingerprint density at radius 3 is 1.94 bits per heavy atom. The number of aromatic hydroxyl groups is 2. The standard InChI is InChI=1S/C12H7Cl3O2/c13-7-3-6(4-8(14)5-7)9-1-2-10(15)12(17)11(9)16/h1-5,16-17H. The number of benzene rings is 2. The zero-order chi connectivity index (χ0) is 12.6. The van der Waals surface area contributed by atoms with Crippen molar-refractivity contribution in [1.82, 2.24) is 0 Å². The molecule has 0 saturated heterocycles. The lowest BCUT2D eigenvalue weighted by atomic mass is 10.0. The van der Waals surface area contributed by atoms with Crippen LogP contribution in [0.2, 0.25) is 15.1 Å². The molecule has 2 nitrogen and oxygen atoms in total. The SMILES string of the molecule is Oc1c(Cl)ccc(-c2cc(Cl)cc(Cl)c2)c1O. The van der Waals surface area contributed by atoms with E-state index in [4.69, 9.17) is 34.8 Å². The average molecular weight is 290 g/mol. The van der Waals surface area contributed by atoms with Crippen molar-refractivity contribution in [1.29, 1.82) is 0 Å². The van der Waals surface area contributed by atoms with Crippen molar-refractivity contribution in [2.45, 2.75) is 0 Å². The number of halogens is 3. The van der Waals surface area contributed by atoms with Crippen LogP contribution in [-0.2, 0) is 0 Å². The summed E-state index contributed by atoms with van der Waals surface area (Å²) in [6.07, 6.45) is 0. The van der Waals surface area contributed by atoms with Gasteiger partial charge in [-0.2, -0.15) is 0 Å². The Morgan fingerprint density at radius 1 is 0.765 bits per heavy atom. The normalized spacial score (nSPS) is 10.5. The van der Waals surface area contributed by atoms with Crippen LogP contribution < -0.4 is 0 Å². The van der Waals surface area contributed by atoms with Crippen LogP contribution >= 0.6 is 34.8 Å². The highest BCUT2D eigenvalue weighted by Gasteiger charge is 2.12. The Morgan fingerprint density at radius 2 is 1.35 bits per heavy atom. The van der Waals surface area contributed by atoms with E-state index in [-0.39, 0.29) is 16.5 Å². The average Bonchev–Trinajstić information content (AvgIpc) is 2.24. The second-order valence-corrected chi connectivity index (χ2v) is 4.73. The molecule has 0 aliphatic carbocycles. The molecule has 0 aliphatic heterocycles. The third-order valence-corrected chi connectivity index (χ3v) is 3.02.